The molecule has 1 aliphatic rings. The van der Waals surface area contributed by atoms with E-state index in [2.05, 4.69) is 31.5 Å². The molecule has 0 aromatic rings. The molecule has 1 aliphatic carbocycles. The maximum atomic E-state index is 5.19. The first-order chi connectivity index (χ1) is 10.6. The molecule has 0 saturated heterocycles. The molecule has 2 nitrogen and oxygen atoms in total. The van der Waals surface area contributed by atoms with Gasteiger partial charge in [-0.2, -0.15) is 0 Å². The van der Waals surface area contributed by atoms with Crippen LogP contribution < -0.4 is 0 Å². The van der Waals surface area contributed by atoms with Crippen LogP contribution in [0.1, 0.15) is 58.8 Å². The second-order valence-electron chi connectivity index (χ2n) is 6.67. The summed E-state index contributed by atoms with van der Waals surface area (Å²) in [6.45, 7) is 9.20. The molecule has 0 amide bonds. The molecular formula is C20H35NO. The Balaban J connectivity index is 2.54. The minimum Gasteiger partial charge on any atom is -0.501 e. The topological polar surface area (TPSA) is 12.5 Å². The highest BCUT2D eigenvalue weighted by Gasteiger charge is 2.24. The molecule has 1 fully saturated rings. The summed E-state index contributed by atoms with van der Waals surface area (Å²) in [5.41, 5.74) is 1.26. The molecule has 0 aromatic heterocycles. The average molecular weight is 306 g/mol. The molecule has 1 rings (SSSR count). The Kier molecular flexibility index (Phi) is 9.22. The van der Waals surface area contributed by atoms with Gasteiger partial charge in [0.1, 0.15) is 0 Å². The smallest absolute Gasteiger partial charge is 0.0924 e. The van der Waals surface area contributed by atoms with E-state index < -0.39 is 0 Å². The van der Waals surface area contributed by atoms with E-state index in [4.69, 9.17) is 4.74 Å². The van der Waals surface area contributed by atoms with Crippen LogP contribution in [0.2, 0.25) is 0 Å². The third-order valence-corrected chi connectivity index (χ3v) is 4.89. The second-order valence-corrected chi connectivity index (χ2v) is 6.67. The number of likely N-dealkylation sites (N-methyl/N-ethyl adjacent to an activating group) is 1. The van der Waals surface area contributed by atoms with E-state index in [9.17, 15) is 0 Å². The highest BCUT2D eigenvalue weighted by Crippen LogP contribution is 2.30. The first-order valence-electron chi connectivity index (χ1n) is 8.84. The van der Waals surface area contributed by atoms with E-state index in [-0.39, 0.29) is 0 Å². The van der Waals surface area contributed by atoms with Crippen LogP contribution in [0.25, 0.3) is 0 Å². The Morgan fingerprint density at radius 1 is 1.32 bits per heavy atom. The van der Waals surface area contributed by atoms with Gasteiger partial charge in [0.15, 0.2) is 0 Å². The van der Waals surface area contributed by atoms with E-state index >= 15 is 0 Å². The highest BCUT2D eigenvalue weighted by atomic mass is 16.5. The summed E-state index contributed by atoms with van der Waals surface area (Å²) in [5.74, 6) is 1.87. The minimum absolute atomic E-state index is 0.728. The van der Waals surface area contributed by atoms with Gasteiger partial charge in [-0.05, 0) is 44.4 Å². The molecule has 2 atom stereocenters. The molecule has 0 aromatic carbocycles. The van der Waals surface area contributed by atoms with Gasteiger partial charge in [0.25, 0.3) is 0 Å². The number of methoxy groups -OCH3 is 1. The number of hydrogen-bond donors (Lipinski definition) is 0. The Bertz CT molecular complexity index is 383. The summed E-state index contributed by atoms with van der Waals surface area (Å²) in [4.78, 5) is 2.52. The molecule has 126 valence electrons. The van der Waals surface area contributed by atoms with Crippen molar-refractivity contribution in [3.63, 3.8) is 0 Å². The number of unbranched alkanes of at least 4 members (excludes halogenated alkanes) is 1. The van der Waals surface area contributed by atoms with E-state index in [1.165, 1.54) is 50.5 Å². The number of hydrogen-bond acceptors (Lipinski definition) is 2. The van der Waals surface area contributed by atoms with Crippen LogP contribution in [0, 0.1) is 5.92 Å². The fraction of sp³-hybridized carbons (Fsp3) is 0.700. The maximum absolute atomic E-state index is 5.19. The van der Waals surface area contributed by atoms with Gasteiger partial charge in [0, 0.05) is 12.6 Å². The molecule has 0 radical (unpaired) electrons. The Hall–Kier alpha value is -1.02. The monoisotopic (exact) mass is 305 g/mol. The molecule has 2 unspecified atom stereocenters. The predicted molar refractivity (Wildman–Crippen MR) is 96.9 cm³/mol. The standard InChI is InChI=1S/C20H35NO/c1-6-8-10-19-11-9-12-20(15-19)21(4)16-18(7-2)14-13-17(3)22-5/h7,13-14,19-20H,2,6,8-12,15-16H2,1,3-5H3. The van der Waals surface area contributed by atoms with Gasteiger partial charge in [-0.15, -0.1) is 0 Å². The zero-order valence-electron chi connectivity index (χ0n) is 15.1. The number of rotatable bonds is 9. The molecular weight excluding hydrogens is 270 g/mol. The van der Waals surface area contributed by atoms with E-state index in [0.717, 1.165) is 24.3 Å². The number of allylic oxidation sites excluding steroid dienone is 3. The highest BCUT2D eigenvalue weighted by molar-refractivity contribution is 5.24. The molecule has 0 heterocycles. The summed E-state index contributed by atoms with van der Waals surface area (Å²) in [7, 11) is 3.97. The average Bonchev–Trinajstić information content (AvgIpc) is 2.56. The van der Waals surface area contributed by atoms with Crippen molar-refractivity contribution in [3.8, 4) is 0 Å². The largest absolute Gasteiger partial charge is 0.501 e. The van der Waals surface area contributed by atoms with Crippen molar-refractivity contribution in [1.82, 2.24) is 4.90 Å². The quantitative estimate of drug-likeness (QED) is 0.422. The van der Waals surface area contributed by atoms with E-state index in [1.807, 2.05) is 19.1 Å². The maximum Gasteiger partial charge on any atom is 0.0924 e. The summed E-state index contributed by atoms with van der Waals surface area (Å²) < 4.78 is 5.19. The van der Waals surface area contributed by atoms with Crippen molar-refractivity contribution < 1.29 is 4.74 Å². The van der Waals surface area contributed by atoms with Gasteiger partial charge in [-0.3, -0.25) is 4.90 Å². The van der Waals surface area contributed by atoms with Crippen molar-refractivity contribution >= 4 is 0 Å². The molecule has 0 bridgehead atoms. The third kappa shape index (κ3) is 6.83. The van der Waals surface area contributed by atoms with Crippen LogP contribution in [-0.4, -0.2) is 31.6 Å². The van der Waals surface area contributed by atoms with Crippen molar-refractivity contribution in [1.29, 1.82) is 0 Å². The van der Waals surface area contributed by atoms with E-state index in [0.29, 0.717) is 0 Å². The van der Waals surface area contributed by atoms with Crippen LogP contribution in [0.5, 0.6) is 0 Å². The zero-order valence-corrected chi connectivity index (χ0v) is 15.1. The lowest BCUT2D eigenvalue weighted by atomic mass is 9.82. The van der Waals surface area contributed by atoms with Crippen LogP contribution in [0.15, 0.2) is 36.1 Å². The number of ether oxygens (including phenoxy) is 1. The first-order valence-corrected chi connectivity index (χ1v) is 8.84. The van der Waals surface area contributed by atoms with Gasteiger partial charge in [-0.25, -0.2) is 0 Å². The normalized spacial score (nSPS) is 23.7. The summed E-state index contributed by atoms with van der Waals surface area (Å²) in [6, 6.07) is 0.728. The summed E-state index contributed by atoms with van der Waals surface area (Å²) in [5, 5.41) is 0. The fourth-order valence-corrected chi connectivity index (χ4v) is 3.31. The fourth-order valence-electron chi connectivity index (χ4n) is 3.31. The van der Waals surface area contributed by atoms with Gasteiger partial charge in [-0.1, -0.05) is 57.8 Å². The Labute approximate surface area is 137 Å². The van der Waals surface area contributed by atoms with Crippen molar-refractivity contribution in [3.05, 3.63) is 36.1 Å². The Morgan fingerprint density at radius 3 is 2.73 bits per heavy atom. The lowest BCUT2D eigenvalue weighted by Crippen LogP contribution is -2.37. The van der Waals surface area contributed by atoms with Gasteiger partial charge < -0.3 is 4.74 Å². The second kappa shape index (κ2) is 10.7. The van der Waals surface area contributed by atoms with E-state index in [1.54, 1.807) is 7.11 Å². The molecule has 1 saturated carbocycles. The first kappa shape index (κ1) is 19.0. The predicted octanol–water partition coefficient (Wildman–Crippen LogP) is 5.33. The van der Waals surface area contributed by atoms with Crippen LogP contribution in [0.4, 0.5) is 0 Å². The van der Waals surface area contributed by atoms with Gasteiger partial charge in [0.2, 0.25) is 0 Å². The Morgan fingerprint density at radius 2 is 2.09 bits per heavy atom. The minimum atomic E-state index is 0.728. The van der Waals surface area contributed by atoms with Gasteiger partial charge >= 0.3 is 0 Å². The zero-order chi connectivity index (χ0) is 16.4. The van der Waals surface area contributed by atoms with Crippen molar-refractivity contribution in [2.75, 3.05) is 20.7 Å². The van der Waals surface area contributed by atoms with Crippen LogP contribution >= 0.6 is 0 Å². The molecule has 22 heavy (non-hydrogen) atoms. The SMILES string of the molecule is C=CC(=CC=C(C)OC)CN(C)C1CCCC(CCCC)C1. The summed E-state index contributed by atoms with van der Waals surface area (Å²) >= 11 is 0. The lowest BCUT2D eigenvalue weighted by molar-refractivity contribution is 0.163. The van der Waals surface area contributed by atoms with Crippen molar-refractivity contribution in [2.45, 2.75) is 64.8 Å². The molecule has 0 N–H and O–H groups in total. The summed E-state index contributed by atoms with van der Waals surface area (Å²) in [6.07, 6.45) is 15.8. The lowest BCUT2D eigenvalue weighted by Gasteiger charge is -2.35. The third-order valence-electron chi connectivity index (χ3n) is 4.89. The van der Waals surface area contributed by atoms with Gasteiger partial charge in [0.05, 0.1) is 12.9 Å². The van der Waals surface area contributed by atoms with Crippen LogP contribution in [-0.2, 0) is 4.74 Å². The molecule has 2 heteroatoms. The van der Waals surface area contributed by atoms with Crippen LogP contribution in [0.3, 0.4) is 0 Å². The molecule has 0 spiro atoms. The molecule has 0 aliphatic heterocycles. The van der Waals surface area contributed by atoms with Crippen molar-refractivity contribution in [2.24, 2.45) is 5.92 Å². The number of nitrogens with zero attached hydrogens (tertiary/aromatic N) is 1.